The van der Waals surface area contributed by atoms with Gasteiger partial charge in [0, 0.05) is 10.5 Å². The minimum Gasteiger partial charge on any atom is -0.254 e. The van der Waals surface area contributed by atoms with Gasteiger partial charge in [0.2, 0.25) is 0 Å². The quantitative estimate of drug-likeness (QED) is 0.562. The van der Waals surface area contributed by atoms with Crippen molar-refractivity contribution in [2.45, 2.75) is 30.8 Å². The van der Waals surface area contributed by atoms with E-state index in [4.69, 9.17) is 0 Å². The molecule has 0 saturated carbocycles. The van der Waals surface area contributed by atoms with E-state index in [1.54, 1.807) is 11.8 Å². The molecular weight excluding hydrogens is 164 g/mol. The van der Waals surface area contributed by atoms with E-state index >= 15 is 0 Å². The van der Waals surface area contributed by atoms with Crippen molar-refractivity contribution in [3.63, 3.8) is 0 Å². The molecule has 0 unspecified atom stereocenters. The van der Waals surface area contributed by atoms with Gasteiger partial charge in [0.1, 0.15) is 0 Å². The van der Waals surface area contributed by atoms with Gasteiger partial charge in [0.15, 0.2) is 0 Å². The summed E-state index contributed by atoms with van der Waals surface area (Å²) >= 11 is 1.66. The van der Waals surface area contributed by atoms with Crippen LogP contribution in [0.4, 0.5) is 0 Å². The molecule has 58 valence electrons. The fraction of sp³-hybridized carbons (Fsp3) is 0.714. The van der Waals surface area contributed by atoms with E-state index in [0.717, 1.165) is 10.7 Å². The molecule has 0 aliphatic carbocycles. The smallest absolute Gasteiger partial charge is 0.0649 e. The summed E-state index contributed by atoms with van der Waals surface area (Å²) in [5, 5.41) is 0.906. The first kappa shape index (κ1) is 8.34. The fourth-order valence-corrected chi connectivity index (χ4v) is 4.33. The summed E-state index contributed by atoms with van der Waals surface area (Å²) in [5.74, 6) is 0. The van der Waals surface area contributed by atoms with E-state index in [9.17, 15) is 4.21 Å². The lowest BCUT2D eigenvalue weighted by Crippen LogP contribution is -2.21. The van der Waals surface area contributed by atoms with Crippen LogP contribution in [0.5, 0.6) is 0 Å². The fourth-order valence-electron chi connectivity index (χ4n) is 1.10. The Bertz CT molecular complexity index is 176. The Morgan fingerprint density at radius 3 is 2.80 bits per heavy atom. The Kier molecular flexibility index (Phi) is 2.58. The highest BCUT2D eigenvalue weighted by atomic mass is 32.2. The van der Waals surface area contributed by atoms with Crippen LogP contribution in [-0.4, -0.2) is 14.7 Å². The zero-order valence-corrected chi connectivity index (χ0v) is 7.93. The first-order valence-corrected chi connectivity index (χ1v) is 5.46. The van der Waals surface area contributed by atoms with E-state index in [-0.39, 0.29) is 0 Å². The van der Waals surface area contributed by atoms with Gasteiger partial charge in [0.05, 0.1) is 15.0 Å². The van der Waals surface area contributed by atoms with Gasteiger partial charge >= 0.3 is 0 Å². The molecule has 0 radical (unpaired) electrons. The molecule has 1 rings (SSSR count). The number of hydrogen-bond donors (Lipinski definition) is 0. The van der Waals surface area contributed by atoms with Crippen LogP contribution in [0.1, 0.15) is 20.3 Å². The van der Waals surface area contributed by atoms with E-state index in [1.807, 2.05) is 6.92 Å². The van der Waals surface area contributed by atoms with Crippen LogP contribution in [0.15, 0.2) is 10.8 Å². The third-order valence-electron chi connectivity index (χ3n) is 1.59. The molecule has 1 aliphatic heterocycles. The summed E-state index contributed by atoms with van der Waals surface area (Å²) in [5.41, 5.74) is 0. The van der Waals surface area contributed by atoms with Crippen molar-refractivity contribution >= 4 is 22.6 Å². The van der Waals surface area contributed by atoms with Crippen LogP contribution in [0.2, 0.25) is 0 Å². The highest BCUT2D eigenvalue weighted by Gasteiger charge is 2.24. The molecule has 0 amide bonds. The summed E-state index contributed by atoms with van der Waals surface area (Å²) in [6.07, 6.45) is 1.05. The minimum atomic E-state index is -0.782. The Morgan fingerprint density at radius 2 is 2.30 bits per heavy atom. The van der Waals surface area contributed by atoms with E-state index in [1.165, 1.54) is 0 Å². The first-order chi connectivity index (χ1) is 4.61. The molecule has 0 bridgehead atoms. The van der Waals surface area contributed by atoms with Gasteiger partial charge in [0.25, 0.3) is 0 Å². The molecule has 1 saturated heterocycles. The number of rotatable bonds is 0. The zero-order valence-electron chi connectivity index (χ0n) is 6.29. The second-order valence-electron chi connectivity index (χ2n) is 2.64. The SMILES string of the molecule is C=C1S[C@@H](C)C[C@@H](C)[S@]1=O. The summed E-state index contributed by atoms with van der Waals surface area (Å²) in [7, 11) is -0.782. The van der Waals surface area contributed by atoms with Gasteiger partial charge in [-0.3, -0.25) is 4.21 Å². The van der Waals surface area contributed by atoms with Crippen molar-refractivity contribution < 1.29 is 4.21 Å². The molecule has 1 aliphatic rings. The first-order valence-electron chi connectivity index (χ1n) is 3.37. The van der Waals surface area contributed by atoms with Crippen molar-refractivity contribution in [2.75, 3.05) is 0 Å². The highest BCUT2D eigenvalue weighted by Crippen LogP contribution is 2.34. The Hall–Kier alpha value is 0.240. The Morgan fingerprint density at radius 1 is 1.70 bits per heavy atom. The van der Waals surface area contributed by atoms with Crippen LogP contribution >= 0.6 is 11.8 Å². The molecule has 1 fully saturated rings. The monoisotopic (exact) mass is 176 g/mol. The molecular formula is C7H12OS2. The normalized spacial score (nSPS) is 41.8. The minimum absolute atomic E-state index is 0.309. The summed E-state index contributed by atoms with van der Waals surface area (Å²) in [4.78, 5) is 0. The predicted molar refractivity (Wildman–Crippen MR) is 48.4 cm³/mol. The van der Waals surface area contributed by atoms with E-state index in [2.05, 4.69) is 13.5 Å². The zero-order chi connectivity index (χ0) is 7.72. The van der Waals surface area contributed by atoms with Gasteiger partial charge in [-0.2, -0.15) is 0 Å². The molecule has 10 heavy (non-hydrogen) atoms. The van der Waals surface area contributed by atoms with Crippen molar-refractivity contribution in [1.29, 1.82) is 0 Å². The average Bonchev–Trinajstić information content (AvgIpc) is 1.82. The second-order valence-corrected chi connectivity index (χ2v) is 6.33. The second kappa shape index (κ2) is 3.09. The molecule has 0 aromatic carbocycles. The third kappa shape index (κ3) is 1.64. The predicted octanol–water partition coefficient (Wildman–Crippen LogP) is 2.12. The standard InChI is InChI=1S/C7H12OS2/c1-5-4-6(2)10(8)7(3)9-5/h5-6H,3-4H2,1-2H3/t5-,6+,10+/m0/s1. The Labute approximate surface area is 68.7 Å². The van der Waals surface area contributed by atoms with Crippen molar-refractivity contribution in [1.82, 2.24) is 0 Å². The number of thioether (sulfide) groups is 1. The summed E-state index contributed by atoms with van der Waals surface area (Å²) < 4.78 is 12.1. The summed E-state index contributed by atoms with van der Waals surface area (Å²) in [6, 6.07) is 0. The van der Waals surface area contributed by atoms with Crippen LogP contribution in [0, 0.1) is 0 Å². The number of hydrogen-bond acceptors (Lipinski definition) is 2. The molecule has 0 N–H and O–H groups in total. The molecule has 3 heteroatoms. The largest absolute Gasteiger partial charge is 0.254 e. The summed E-state index contributed by atoms with van der Waals surface area (Å²) in [6.45, 7) is 7.94. The van der Waals surface area contributed by atoms with E-state index in [0.29, 0.717) is 10.5 Å². The van der Waals surface area contributed by atoms with Crippen LogP contribution in [0.3, 0.4) is 0 Å². The average molecular weight is 176 g/mol. The van der Waals surface area contributed by atoms with Gasteiger partial charge in [-0.25, -0.2) is 0 Å². The van der Waals surface area contributed by atoms with Crippen LogP contribution < -0.4 is 0 Å². The molecule has 1 heterocycles. The lowest BCUT2D eigenvalue weighted by atomic mass is 10.3. The molecule has 0 spiro atoms. The van der Waals surface area contributed by atoms with Crippen molar-refractivity contribution in [2.24, 2.45) is 0 Å². The molecule has 1 nitrogen and oxygen atoms in total. The van der Waals surface area contributed by atoms with Gasteiger partial charge in [-0.15, -0.1) is 11.8 Å². The molecule has 0 aromatic heterocycles. The Balaban J connectivity index is 2.66. The van der Waals surface area contributed by atoms with Gasteiger partial charge in [-0.05, 0) is 6.42 Å². The molecule has 0 aromatic rings. The molecule has 3 atom stereocenters. The lowest BCUT2D eigenvalue weighted by Gasteiger charge is -2.23. The third-order valence-corrected chi connectivity index (χ3v) is 4.60. The van der Waals surface area contributed by atoms with Crippen LogP contribution in [0.25, 0.3) is 0 Å². The topological polar surface area (TPSA) is 17.1 Å². The lowest BCUT2D eigenvalue weighted by molar-refractivity contribution is 0.667. The highest BCUT2D eigenvalue weighted by molar-refractivity contribution is 8.17. The van der Waals surface area contributed by atoms with Gasteiger partial charge < -0.3 is 0 Å². The van der Waals surface area contributed by atoms with Gasteiger partial charge in [-0.1, -0.05) is 20.4 Å². The maximum absolute atomic E-state index is 11.3. The maximum Gasteiger partial charge on any atom is 0.0649 e. The van der Waals surface area contributed by atoms with Crippen LogP contribution in [-0.2, 0) is 10.8 Å². The van der Waals surface area contributed by atoms with E-state index < -0.39 is 10.8 Å². The van der Waals surface area contributed by atoms with Crippen molar-refractivity contribution in [3.8, 4) is 0 Å². The maximum atomic E-state index is 11.3. The van der Waals surface area contributed by atoms with Crippen molar-refractivity contribution in [3.05, 3.63) is 10.8 Å².